The number of hydrogen-bond donors (Lipinski definition) is 1. The molecule has 0 aromatic rings. The van der Waals surface area contributed by atoms with E-state index in [9.17, 15) is 0 Å². The molecule has 9 heavy (non-hydrogen) atoms. The lowest BCUT2D eigenvalue weighted by molar-refractivity contribution is 0.240. The molecule has 4 atom stereocenters. The van der Waals surface area contributed by atoms with Gasteiger partial charge in [0.2, 0.25) is 0 Å². The summed E-state index contributed by atoms with van der Waals surface area (Å²) in [4.78, 5) is 0. The van der Waals surface area contributed by atoms with Gasteiger partial charge in [-0.3, -0.25) is 0 Å². The van der Waals surface area contributed by atoms with E-state index in [0.717, 1.165) is 0 Å². The van der Waals surface area contributed by atoms with E-state index in [0.29, 0.717) is 6.10 Å². The van der Waals surface area contributed by atoms with Crippen LogP contribution in [0, 0.1) is 0 Å². The third kappa shape index (κ3) is 0.852. The monoisotopic (exact) mass is 130 g/mol. The molecule has 2 rings (SSSR count). The molecule has 0 amide bonds. The summed E-state index contributed by atoms with van der Waals surface area (Å²) < 4.78 is 10.2. The standard InChI is InChI=1S/C6H10O3/c1-3-5(8-3)6-4(2-7)9-6/h3-7H,2H2,1H3. The fourth-order valence-electron chi connectivity index (χ4n) is 1.14. The summed E-state index contributed by atoms with van der Waals surface area (Å²) in [7, 11) is 0. The number of aliphatic hydroxyl groups is 1. The third-order valence-electron chi connectivity index (χ3n) is 1.88. The molecule has 3 nitrogen and oxygen atoms in total. The fraction of sp³-hybridized carbons (Fsp3) is 1.00. The van der Waals surface area contributed by atoms with E-state index in [1.165, 1.54) is 0 Å². The third-order valence-corrected chi connectivity index (χ3v) is 1.88. The van der Waals surface area contributed by atoms with Crippen molar-refractivity contribution in [2.75, 3.05) is 6.61 Å². The van der Waals surface area contributed by atoms with Gasteiger partial charge in [-0.1, -0.05) is 0 Å². The first kappa shape index (κ1) is 5.65. The lowest BCUT2D eigenvalue weighted by Gasteiger charge is -1.79. The van der Waals surface area contributed by atoms with Gasteiger partial charge < -0.3 is 14.6 Å². The number of ether oxygens (including phenoxy) is 2. The molecule has 0 aliphatic carbocycles. The Balaban J connectivity index is 1.79. The van der Waals surface area contributed by atoms with Crippen LogP contribution in [0.3, 0.4) is 0 Å². The molecule has 0 bridgehead atoms. The number of epoxide rings is 2. The van der Waals surface area contributed by atoms with Crippen LogP contribution in [0.4, 0.5) is 0 Å². The molecule has 0 spiro atoms. The van der Waals surface area contributed by atoms with Crippen molar-refractivity contribution in [3.63, 3.8) is 0 Å². The molecule has 0 aromatic carbocycles. The van der Waals surface area contributed by atoms with Gasteiger partial charge in [0.05, 0.1) is 12.7 Å². The molecular weight excluding hydrogens is 120 g/mol. The van der Waals surface area contributed by atoms with Crippen LogP contribution < -0.4 is 0 Å². The Hall–Kier alpha value is -0.120. The molecule has 2 fully saturated rings. The minimum absolute atomic E-state index is 0.0694. The molecule has 4 unspecified atom stereocenters. The van der Waals surface area contributed by atoms with E-state index in [2.05, 4.69) is 0 Å². The van der Waals surface area contributed by atoms with Crippen LogP contribution in [0.1, 0.15) is 6.92 Å². The van der Waals surface area contributed by atoms with Crippen LogP contribution in [-0.4, -0.2) is 36.1 Å². The maximum atomic E-state index is 8.56. The normalized spacial score (nSPS) is 55.3. The van der Waals surface area contributed by atoms with E-state index >= 15 is 0 Å². The van der Waals surface area contributed by atoms with Crippen molar-refractivity contribution < 1.29 is 14.6 Å². The summed E-state index contributed by atoms with van der Waals surface area (Å²) in [5.41, 5.74) is 0. The Morgan fingerprint density at radius 3 is 2.33 bits per heavy atom. The highest BCUT2D eigenvalue weighted by atomic mass is 16.7. The van der Waals surface area contributed by atoms with E-state index in [4.69, 9.17) is 14.6 Å². The van der Waals surface area contributed by atoms with Crippen molar-refractivity contribution in [1.29, 1.82) is 0 Å². The maximum absolute atomic E-state index is 8.56. The highest BCUT2D eigenvalue weighted by molar-refractivity contribution is 5.00. The van der Waals surface area contributed by atoms with Gasteiger partial charge in [0.15, 0.2) is 0 Å². The first-order valence-corrected chi connectivity index (χ1v) is 3.24. The zero-order valence-electron chi connectivity index (χ0n) is 5.28. The summed E-state index contributed by atoms with van der Waals surface area (Å²) in [6.45, 7) is 2.15. The summed E-state index contributed by atoms with van der Waals surface area (Å²) in [6, 6.07) is 0. The Bertz CT molecular complexity index is 125. The second-order valence-corrected chi connectivity index (χ2v) is 2.63. The molecular formula is C6H10O3. The van der Waals surface area contributed by atoms with E-state index in [-0.39, 0.29) is 24.9 Å². The Kier molecular flexibility index (Phi) is 1.06. The molecule has 1 N–H and O–H groups in total. The van der Waals surface area contributed by atoms with Crippen molar-refractivity contribution in [3.05, 3.63) is 0 Å². The second kappa shape index (κ2) is 1.68. The number of rotatable bonds is 2. The molecule has 52 valence electrons. The van der Waals surface area contributed by atoms with Crippen LogP contribution in [0.2, 0.25) is 0 Å². The summed E-state index contributed by atoms with van der Waals surface area (Å²) in [5, 5.41) is 8.56. The summed E-state index contributed by atoms with van der Waals surface area (Å²) >= 11 is 0. The molecule has 2 aliphatic heterocycles. The van der Waals surface area contributed by atoms with Crippen LogP contribution in [0.5, 0.6) is 0 Å². The van der Waals surface area contributed by atoms with Crippen LogP contribution >= 0.6 is 0 Å². The molecule has 0 aromatic heterocycles. The highest BCUT2D eigenvalue weighted by Crippen LogP contribution is 2.37. The lowest BCUT2D eigenvalue weighted by atomic mass is 10.2. The maximum Gasteiger partial charge on any atom is 0.115 e. The number of aliphatic hydroxyl groups excluding tert-OH is 1. The van der Waals surface area contributed by atoms with Crippen LogP contribution in [0.15, 0.2) is 0 Å². The highest BCUT2D eigenvalue weighted by Gasteiger charge is 2.54. The molecule has 3 heteroatoms. The second-order valence-electron chi connectivity index (χ2n) is 2.63. The minimum atomic E-state index is 0.0694. The van der Waals surface area contributed by atoms with Gasteiger partial charge in [-0.15, -0.1) is 0 Å². The zero-order valence-corrected chi connectivity index (χ0v) is 5.28. The average Bonchev–Trinajstić information content (AvgIpc) is 2.61. The molecule has 2 aliphatic rings. The Morgan fingerprint density at radius 1 is 1.33 bits per heavy atom. The van der Waals surface area contributed by atoms with Crippen molar-refractivity contribution in [2.45, 2.75) is 31.3 Å². The van der Waals surface area contributed by atoms with Crippen LogP contribution in [-0.2, 0) is 9.47 Å². The van der Waals surface area contributed by atoms with Gasteiger partial charge in [-0.25, -0.2) is 0 Å². The quantitative estimate of drug-likeness (QED) is 0.514. The van der Waals surface area contributed by atoms with Gasteiger partial charge in [0.25, 0.3) is 0 Å². The SMILES string of the molecule is CC1OC1C1OC1CO. The predicted molar refractivity (Wildman–Crippen MR) is 30.1 cm³/mol. The lowest BCUT2D eigenvalue weighted by Crippen LogP contribution is -2.06. The van der Waals surface area contributed by atoms with Gasteiger partial charge in [-0.05, 0) is 6.92 Å². The van der Waals surface area contributed by atoms with Gasteiger partial charge >= 0.3 is 0 Å². The molecule has 0 radical (unpaired) electrons. The van der Waals surface area contributed by atoms with Gasteiger partial charge in [0.1, 0.15) is 18.3 Å². The van der Waals surface area contributed by atoms with E-state index in [1.807, 2.05) is 6.92 Å². The molecule has 2 heterocycles. The smallest absolute Gasteiger partial charge is 0.115 e. The summed E-state index contributed by atoms with van der Waals surface area (Å²) in [5.74, 6) is 0. The zero-order chi connectivity index (χ0) is 6.43. The van der Waals surface area contributed by atoms with Crippen molar-refractivity contribution in [1.82, 2.24) is 0 Å². The first-order chi connectivity index (χ1) is 4.33. The minimum Gasteiger partial charge on any atom is -0.394 e. The topological polar surface area (TPSA) is 45.3 Å². The average molecular weight is 130 g/mol. The van der Waals surface area contributed by atoms with Crippen molar-refractivity contribution in [2.24, 2.45) is 0 Å². The van der Waals surface area contributed by atoms with Crippen molar-refractivity contribution in [3.8, 4) is 0 Å². The van der Waals surface area contributed by atoms with Crippen LogP contribution in [0.25, 0.3) is 0 Å². The van der Waals surface area contributed by atoms with E-state index in [1.54, 1.807) is 0 Å². The number of hydrogen-bond acceptors (Lipinski definition) is 3. The van der Waals surface area contributed by atoms with Gasteiger partial charge in [0, 0.05) is 0 Å². The predicted octanol–water partition coefficient (Wildman–Crippen LogP) is -0.467. The fourth-order valence-corrected chi connectivity index (χ4v) is 1.14. The first-order valence-electron chi connectivity index (χ1n) is 3.24. The van der Waals surface area contributed by atoms with Crippen molar-refractivity contribution >= 4 is 0 Å². The Labute approximate surface area is 53.6 Å². The summed E-state index contributed by atoms with van der Waals surface area (Å²) in [6.07, 6.45) is 0.902. The van der Waals surface area contributed by atoms with Gasteiger partial charge in [-0.2, -0.15) is 0 Å². The van der Waals surface area contributed by atoms with E-state index < -0.39 is 0 Å². The largest absolute Gasteiger partial charge is 0.394 e. The molecule has 0 saturated carbocycles. The molecule has 2 saturated heterocycles. The Morgan fingerprint density at radius 2 is 2.00 bits per heavy atom.